The molecule has 0 spiro atoms. The van der Waals surface area contributed by atoms with Crippen LogP contribution in [-0.2, 0) is 28.6 Å². The summed E-state index contributed by atoms with van der Waals surface area (Å²) in [6.45, 7) is 6.32. The highest BCUT2D eigenvalue weighted by molar-refractivity contribution is 5.71. The van der Waals surface area contributed by atoms with Gasteiger partial charge in [0.15, 0.2) is 6.10 Å². The Hall–Kier alpha value is -4.19. The third kappa shape index (κ3) is 52.6. The Morgan fingerprint density at radius 1 is 0.328 bits per heavy atom. The Morgan fingerprint density at radius 3 is 1.10 bits per heavy atom. The Morgan fingerprint density at radius 2 is 0.657 bits per heavy atom. The summed E-state index contributed by atoms with van der Waals surface area (Å²) < 4.78 is 16.8. The third-order valence-corrected chi connectivity index (χ3v) is 11.1. The average Bonchev–Trinajstić information content (AvgIpc) is 3.33. The summed E-state index contributed by atoms with van der Waals surface area (Å²) in [6, 6.07) is 0. The van der Waals surface area contributed by atoms with Crippen molar-refractivity contribution in [3.05, 3.63) is 122 Å². The van der Waals surface area contributed by atoms with Crippen LogP contribution in [0.25, 0.3) is 0 Å². The molecule has 0 aromatic rings. The zero-order valence-corrected chi connectivity index (χ0v) is 43.1. The Balaban J connectivity index is 4.53. The summed E-state index contributed by atoms with van der Waals surface area (Å²) in [5.74, 6) is -0.981. The molecule has 1 unspecified atom stereocenters. The molecule has 0 aromatic carbocycles. The largest absolute Gasteiger partial charge is 0.462 e. The molecule has 0 aliphatic carbocycles. The van der Waals surface area contributed by atoms with Crippen LogP contribution in [-0.4, -0.2) is 37.2 Å². The van der Waals surface area contributed by atoms with Crippen molar-refractivity contribution >= 4 is 17.9 Å². The van der Waals surface area contributed by atoms with E-state index in [0.29, 0.717) is 19.3 Å². The van der Waals surface area contributed by atoms with E-state index in [-0.39, 0.29) is 37.5 Å². The SMILES string of the molecule is CC\C=C/C=C\C=C/C=C\C=C\C=C/CCCCCC(=O)OC(COC(=O)CCCCCCC/C=C\C=C/CCCCCCCCC)COC(=O)CCCCCCCCC/C=C\C/C=C\CC. The maximum Gasteiger partial charge on any atom is 0.306 e. The van der Waals surface area contributed by atoms with E-state index < -0.39 is 6.10 Å². The second-order valence-corrected chi connectivity index (χ2v) is 17.6. The van der Waals surface area contributed by atoms with E-state index in [9.17, 15) is 14.4 Å². The van der Waals surface area contributed by atoms with Crippen LogP contribution < -0.4 is 0 Å². The predicted molar refractivity (Wildman–Crippen MR) is 288 cm³/mol. The van der Waals surface area contributed by atoms with Gasteiger partial charge in [-0.25, -0.2) is 0 Å². The number of ether oxygens (including phenoxy) is 3. The number of allylic oxidation sites excluding steroid dienone is 20. The quantitative estimate of drug-likeness (QED) is 0.0199. The first-order chi connectivity index (χ1) is 33.0. The van der Waals surface area contributed by atoms with Gasteiger partial charge in [-0.1, -0.05) is 239 Å². The van der Waals surface area contributed by atoms with Crippen LogP contribution in [0.3, 0.4) is 0 Å². The van der Waals surface area contributed by atoms with E-state index in [4.69, 9.17) is 14.2 Å². The fourth-order valence-corrected chi connectivity index (χ4v) is 7.09. The Labute approximate surface area is 412 Å². The van der Waals surface area contributed by atoms with Crippen LogP contribution in [0.1, 0.15) is 226 Å². The molecule has 0 saturated heterocycles. The van der Waals surface area contributed by atoms with Gasteiger partial charge in [0.25, 0.3) is 0 Å². The maximum atomic E-state index is 12.8. The van der Waals surface area contributed by atoms with E-state index in [1.54, 1.807) is 0 Å². The van der Waals surface area contributed by atoms with Gasteiger partial charge in [0.1, 0.15) is 13.2 Å². The number of esters is 3. The summed E-state index contributed by atoms with van der Waals surface area (Å²) in [5.41, 5.74) is 0. The number of hydrogen-bond acceptors (Lipinski definition) is 6. The molecular weight excluding hydrogens is 829 g/mol. The number of hydrogen-bond donors (Lipinski definition) is 0. The van der Waals surface area contributed by atoms with Gasteiger partial charge in [-0.3, -0.25) is 14.4 Å². The normalized spacial score (nSPS) is 13.1. The molecule has 6 nitrogen and oxygen atoms in total. The van der Waals surface area contributed by atoms with Gasteiger partial charge < -0.3 is 14.2 Å². The predicted octanol–water partition coefficient (Wildman–Crippen LogP) is 18.1. The molecule has 0 radical (unpaired) electrons. The highest BCUT2D eigenvalue weighted by atomic mass is 16.6. The number of carbonyl (C=O) groups is 3. The molecule has 6 heteroatoms. The lowest BCUT2D eigenvalue weighted by Gasteiger charge is -2.18. The lowest BCUT2D eigenvalue weighted by atomic mass is 10.1. The molecule has 0 fully saturated rings. The molecule has 0 rings (SSSR count). The first-order valence-corrected chi connectivity index (χ1v) is 27.1. The third-order valence-electron chi connectivity index (χ3n) is 11.1. The Bertz CT molecular complexity index is 1440. The lowest BCUT2D eigenvalue weighted by molar-refractivity contribution is -0.167. The molecule has 0 saturated carbocycles. The minimum absolute atomic E-state index is 0.109. The molecule has 0 amide bonds. The molecular formula is C61H98O6. The van der Waals surface area contributed by atoms with Crippen LogP contribution in [0.4, 0.5) is 0 Å². The van der Waals surface area contributed by atoms with E-state index in [0.717, 1.165) is 103 Å². The second-order valence-electron chi connectivity index (χ2n) is 17.6. The summed E-state index contributed by atoms with van der Waals surface area (Å²) in [6.07, 6.45) is 74.6. The highest BCUT2D eigenvalue weighted by Gasteiger charge is 2.19. The van der Waals surface area contributed by atoms with Crippen LogP contribution in [0.2, 0.25) is 0 Å². The van der Waals surface area contributed by atoms with Crippen molar-refractivity contribution in [1.82, 2.24) is 0 Å². The van der Waals surface area contributed by atoms with Crippen LogP contribution >= 0.6 is 0 Å². The monoisotopic (exact) mass is 927 g/mol. The van der Waals surface area contributed by atoms with Crippen LogP contribution in [0, 0.1) is 0 Å². The van der Waals surface area contributed by atoms with Gasteiger partial charge >= 0.3 is 17.9 Å². The summed E-state index contributed by atoms with van der Waals surface area (Å²) >= 11 is 0. The second kappa shape index (κ2) is 54.4. The van der Waals surface area contributed by atoms with E-state index in [1.807, 2.05) is 60.8 Å². The molecule has 0 heterocycles. The molecule has 0 aliphatic heterocycles. The molecule has 0 aromatic heterocycles. The first-order valence-electron chi connectivity index (χ1n) is 27.1. The first kappa shape index (κ1) is 62.8. The number of unbranched alkanes of at least 4 members (excludes halogenated alkanes) is 22. The van der Waals surface area contributed by atoms with Crippen molar-refractivity contribution in [2.45, 2.75) is 232 Å². The smallest absolute Gasteiger partial charge is 0.306 e. The van der Waals surface area contributed by atoms with Crippen molar-refractivity contribution in [1.29, 1.82) is 0 Å². The van der Waals surface area contributed by atoms with E-state index in [1.165, 1.54) is 77.0 Å². The molecule has 0 N–H and O–H groups in total. The van der Waals surface area contributed by atoms with Gasteiger partial charge in [0.2, 0.25) is 0 Å². The van der Waals surface area contributed by atoms with E-state index >= 15 is 0 Å². The van der Waals surface area contributed by atoms with Crippen molar-refractivity contribution in [2.24, 2.45) is 0 Å². The molecule has 1 atom stereocenters. The highest BCUT2D eigenvalue weighted by Crippen LogP contribution is 2.14. The minimum Gasteiger partial charge on any atom is -0.462 e. The molecule has 0 bridgehead atoms. The standard InChI is InChI=1S/C61H98O6/c1-4-7-10-13-16-19-22-25-28-30-32-33-36-39-42-45-48-51-54-60(63)66-57-58(56-65-59(62)53-50-47-44-41-38-35-27-24-21-18-15-12-9-6-3)67-61(64)55-52-49-46-43-40-37-34-31-29-26-23-20-17-14-11-8-5-2/h8-9,11-12,14,17-18,20-21,23,26,28-34,37,40,58H,4-7,10,13,15-16,19,22,24-25,27,35-36,38-39,41-57H2,1-3H3/b11-8-,12-9-,17-14-,21-18-,23-20-,29-26-,30-28-,33-32-,34-31+,40-37-. The Kier molecular flexibility index (Phi) is 51.0. The van der Waals surface area contributed by atoms with Crippen molar-refractivity contribution in [2.75, 3.05) is 13.2 Å². The van der Waals surface area contributed by atoms with Gasteiger partial charge in [-0.15, -0.1) is 0 Å². The van der Waals surface area contributed by atoms with Gasteiger partial charge in [-0.2, -0.15) is 0 Å². The summed E-state index contributed by atoms with van der Waals surface area (Å²) in [7, 11) is 0. The fraction of sp³-hybridized carbons (Fsp3) is 0.623. The lowest BCUT2D eigenvalue weighted by Crippen LogP contribution is -2.30. The minimum atomic E-state index is -0.815. The van der Waals surface area contributed by atoms with Crippen LogP contribution in [0.5, 0.6) is 0 Å². The summed E-state index contributed by atoms with van der Waals surface area (Å²) in [4.78, 5) is 38.1. The fourth-order valence-electron chi connectivity index (χ4n) is 7.09. The molecule has 67 heavy (non-hydrogen) atoms. The van der Waals surface area contributed by atoms with Crippen molar-refractivity contribution in [3.8, 4) is 0 Å². The van der Waals surface area contributed by atoms with Crippen molar-refractivity contribution < 1.29 is 28.6 Å². The zero-order chi connectivity index (χ0) is 48.6. The number of rotatable bonds is 47. The van der Waals surface area contributed by atoms with Gasteiger partial charge in [0, 0.05) is 19.3 Å². The van der Waals surface area contributed by atoms with Gasteiger partial charge in [0.05, 0.1) is 0 Å². The van der Waals surface area contributed by atoms with Gasteiger partial charge in [-0.05, 0) is 89.9 Å². The molecule has 0 aliphatic rings. The summed E-state index contributed by atoms with van der Waals surface area (Å²) in [5, 5.41) is 0. The topological polar surface area (TPSA) is 78.9 Å². The maximum absolute atomic E-state index is 12.8. The average molecular weight is 927 g/mol. The van der Waals surface area contributed by atoms with Crippen molar-refractivity contribution in [3.63, 3.8) is 0 Å². The molecule has 378 valence electrons. The zero-order valence-electron chi connectivity index (χ0n) is 43.1. The van der Waals surface area contributed by atoms with Crippen LogP contribution in [0.15, 0.2) is 122 Å². The number of carbonyl (C=O) groups excluding carboxylic acids is 3. The van der Waals surface area contributed by atoms with E-state index in [2.05, 4.69) is 81.5 Å².